The fourth-order valence-corrected chi connectivity index (χ4v) is 6.77. The molecule has 5 rings (SSSR count). The summed E-state index contributed by atoms with van der Waals surface area (Å²) in [6.45, 7) is 4.33. The lowest BCUT2D eigenvalue weighted by atomic mass is 9.80. The van der Waals surface area contributed by atoms with Gasteiger partial charge in [-0.2, -0.15) is 0 Å². The minimum absolute atomic E-state index is 0.127. The number of aromatic nitrogens is 4. The molecule has 2 heterocycles. The molecule has 1 unspecified atom stereocenters. The molecule has 1 aliphatic carbocycles. The summed E-state index contributed by atoms with van der Waals surface area (Å²) in [5, 5.41) is 23.5. The topological polar surface area (TPSA) is 127 Å². The third-order valence-corrected chi connectivity index (χ3v) is 8.85. The highest BCUT2D eigenvalue weighted by molar-refractivity contribution is 7.89. The zero-order chi connectivity index (χ0) is 24.4. The van der Waals surface area contributed by atoms with Crippen LogP contribution in [0.5, 0.6) is 0 Å². The highest BCUT2D eigenvalue weighted by Crippen LogP contribution is 2.39. The number of nitrogens with two attached hydrogens (primary N) is 1. The zero-order valence-electron chi connectivity index (χ0n) is 20.2. The van der Waals surface area contributed by atoms with Gasteiger partial charge in [0, 0.05) is 12.1 Å². The third kappa shape index (κ3) is 5.32. The molecule has 0 radical (unpaired) electrons. The van der Waals surface area contributed by atoms with E-state index in [1.54, 1.807) is 0 Å². The first-order valence-corrected chi connectivity index (χ1v) is 14.2. The number of nitrogens with one attached hydrogen (secondary N) is 2. The van der Waals surface area contributed by atoms with E-state index in [1.807, 2.05) is 24.3 Å². The molecule has 1 aromatic heterocycles. The SMILES string of the molecule is C[C@H]1CC[C@@H](CCc2ccc(-c3ccc(C4CCNC4)cc3)c(-c3nnn[nH]3)c2S(N)(=O)=O)CC1. The van der Waals surface area contributed by atoms with E-state index in [4.69, 9.17) is 5.14 Å². The second kappa shape index (κ2) is 10.2. The lowest BCUT2D eigenvalue weighted by molar-refractivity contribution is 0.277. The maximum Gasteiger partial charge on any atom is 0.239 e. The molecule has 2 fully saturated rings. The number of sulfonamides is 1. The summed E-state index contributed by atoms with van der Waals surface area (Å²) >= 11 is 0. The number of benzene rings is 2. The Labute approximate surface area is 207 Å². The van der Waals surface area contributed by atoms with Crippen LogP contribution < -0.4 is 10.5 Å². The van der Waals surface area contributed by atoms with Gasteiger partial charge in [0.25, 0.3) is 0 Å². The van der Waals surface area contributed by atoms with E-state index in [9.17, 15) is 8.42 Å². The average molecular weight is 495 g/mol. The summed E-state index contributed by atoms with van der Waals surface area (Å²) in [7, 11) is -4.03. The van der Waals surface area contributed by atoms with Crippen LogP contribution in [0.2, 0.25) is 0 Å². The summed E-state index contributed by atoms with van der Waals surface area (Å²) in [6.07, 6.45) is 7.62. The van der Waals surface area contributed by atoms with E-state index in [0.717, 1.165) is 48.5 Å². The second-order valence-corrected chi connectivity index (χ2v) is 11.7. The van der Waals surface area contributed by atoms with Gasteiger partial charge < -0.3 is 5.32 Å². The number of tetrazole rings is 1. The van der Waals surface area contributed by atoms with Crippen molar-refractivity contribution in [1.82, 2.24) is 25.9 Å². The van der Waals surface area contributed by atoms with Gasteiger partial charge in [-0.15, -0.1) is 5.10 Å². The van der Waals surface area contributed by atoms with Gasteiger partial charge in [-0.05, 0) is 76.2 Å². The Balaban J connectivity index is 1.54. The van der Waals surface area contributed by atoms with Crippen molar-refractivity contribution in [2.75, 3.05) is 13.1 Å². The molecule has 186 valence electrons. The number of aryl methyl sites for hydroxylation is 1. The smallest absolute Gasteiger partial charge is 0.239 e. The summed E-state index contributed by atoms with van der Waals surface area (Å²) < 4.78 is 25.9. The zero-order valence-corrected chi connectivity index (χ0v) is 21.0. The van der Waals surface area contributed by atoms with Gasteiger partial charge in [0.1, 0.15) is 0 Å². The molecule has 2 aliphatic rings. The molecule has 0 bridgehead atoms. The standard InChI is InChI=1S/C26H34N6O2S/c1-17-2-4-18(5-3-17)6-7-21-12-13-23(20-10-8-19(9-11-20)22-14-15-28-16-22)24(25(21)35(27,33)34)26-29-31-32-30-26/h8-13,17-18,22,28H,2-7,14-16H2,1H3,(H2,27,33,34)(H,29,30,31,32)/t17-,18+,22?. The number of rotatable bonds is 7. The van der Waals surface area contributed by atoms with Crippen LogP contribution >= 0.6 is 0 Å². The van der Waals surface area contributed by atoms with Gasteiger partial charge in [-0.25, -0.2) is 18.7 Å². The number of nitrogens with zero attached hydrogens (tertiary/aromatic N) is 3. The Morgan fingerprint density at radius 1 is 1.03 bits per heavy atom. The minimum atomic E-state index is -4.03. The van der Waals surface area contributed by atoms with E-state index >= 15 is 0 Å². The number of primary sulfonamides is 1. The molecule has 0 amide bonds. The average Bonchev–Trinajstić information content (AvgIpc) is 3.57. The molecule has 2 aromatic carbocycles. The van der Waals surface area contributed by atoms with Gasteiger partial charge in [0.15, 0.2) is 5.82 Å². The van der Waals surface area contributed by atoms with Crippen LogP contribution in [0.1, 0.15) is 62.5 Å². The number of H-pyrrole nitrogens is 1. The fraction of sp³-hybridized carbons (Fsp3) is 0.500. The quantitative estimate of drug-likeness (QED) is 0.455. The van der Waals surface area contributed by atoms with Crippen molar-refractivity contribution >= 4 is 10.0 Å². The third-order valence-electron chi connectivity index (χ3n) is 7.82. The van der Waals surface area contributed by atoms with Crippen LogP contribution in [-0.4, -0.2) is 42.1 Å². The van der Waals surface area contributed by atoms with Crippen LogP contribution in [-0.2, 0) is 16.4 Å². The Hall–Kier alpha value is -2.62. The highest BCUT2D eigenvalue weighted by atomic mass is 32.2. The predicted octanol–water partition coefficient (Wildman–Crippen LogP) is 4.02. The molecule has 1 atom stereocenters. The van der Waals surface area contributed by atoms with Crippen molar-refractivity contribution in [3.05, 3.63) is 47.5 Å². The largest absolute Gasteiger partial charge is 0.316 e. The Kier molecular flexibility index (Phi) is 7.00. The first-order chi connectivity index (χ1) is 16.9. The van der Waals surface area contributed by atoms with E-state index in [1.165, 1.54) is 31.2 Å². The van der Waals surface area contributed by atoms with Crippen LogP contribution in [0.4, 0.5) is 0 Å². The lowest BCUT2D eigenvalue weighted by Crippen LogP contribution is -2.18. The summed E-state index contributed by atoms with van der Waals surface area (Å²) in [6, 6.07) is 12.3. The number of hydrogen-bond acceptors (Lipinski definition) is 6. The van der Waals surface area contributed by atoms with E-state index in [0.29, 0.717) is 29.6 Å². The molecule has 4 N–H and O–H groups in total. The van der Waals surface area contributed by atoms with Crippen LogP contribution in [0.25, 0.3) is 22.5 Å². The lowest BCUT2D eigenvalue weighted by Gasteiger charge is -2.26. The molecule has 1 aliphatic heterocycles. The van der Waals surface area contributed by atoms with Crippen molar-refractivity contribution < 1.29 is 8.42 Å². The van der Waals surface area contributed by atoms with Crippen molar-refractivity contribution in [2.45, 2.75) is 62.7 Å². The summed E-state index contributed by atoms with van der Waals surface area (Å²) in [5.41, 5.74) is 4.12. The van der Waals surface area contributed by atoms with Gasteiger partial charge in [-0.3, -0.25) is 0 Å². The monoisotopic (exact) mass is 494 g/mol. The van der Waals surface area contributed by atoms with Crippen molar-refractivity contribution in [3.8, 4) is 22.5 Å². The van der Waals surface area contributed by atoms with Crippen molar-refractivity contribution in [1.29, 1.82) is 0 Å². The second-order valence-electron chi connectivity index (χ2n) is 10.2. The van der Waals surface area contributed by atoms with E-state index in [2.05, 4.69) is 45.0 Å². The first-order valence-electron chi connectivity index (χ1n) is 12.6. The Bertz CT molecular complexity index is 1240. The maximum atomic E-state index is 13.0. The van der Waals surface area contributed by atoms with E-state index in [-0.39, 0.29) is 4.90 Å². The molecular weight excluding hydrogens is 460 g/mol. The van der Waals surface area contributed by atoms with Crippen LogP contribution in [0.15, 0.2) is 41.3 Å². The van der Waals surface area contributed by atoms with Crippen LogP contribution in [0, 0.1) is 11.8 Å². The predicted molar refractivity (Wildman–Crippen MR) is 136 cm³/mol. The first kappa shape index (κ1) is 24.1. The van der Waals surface area contributed by atoms with E-state index < -0.39 is 10.0 Å². The fourth-order valence-electron chi connectivity index (χ4n) is 5.74. The molecular formula is C26H34N6O2S. The molecule has 3 aromatic rings. The van der Waals surface area contributed by atoms with Crippen molar-refractivity contribution in [3.63, 3.8) is 0 Å². The molecule has 35 heavy (non-hydrogen) atoms. The molecule has 1 saturated carbocycles. The summed E-state index contributed by atoms with van der Waals surface area (Å²) in [5.74, 6) is 2.22. The molecule has 0 spiro atoms. The Morgan fingerprint density at radius 3 is 2.43 bits per heavy atom. The van der Waals surface area contributed by atoms with Gasteiger partial charge in [0.05, 0.1) is 4.90 Å². The number of hydrogen-bond donors (Lipinski definition) is 3. The number of aromatic amines is 1. The van der Waals surface area contributed by atoms with Crippen LogP contribution in [0.3, 0.4) is 0 Å². The van der Waals surface area contributed by atoms with Gasteiger partial charge >= 0.3 is 0 Å². The normalized spacial score (nSPS) is 23.0. The molecule has 9 heteroatoms. The van der Waals surface area contributed by atoms with Gasteiger partial charge in [-0.1, -0.05) is 69.0 Å². The molecule has 1 saturated heterocycles. The maximum absolute atomic E-state index is 13.0. The Morgan fingerprint density at radius 2 is 1.80 bits per heavy atom. The summed E-state index contributed by atoms with van der Waals surface area (Å²) in [4.78, 5) is 0.127. The van der Waals surface area contributed by atoms with Crippen molar-refractivity contribution in [2.24, 2.45) is 17.0 Å². The minimum Gasteiger partial charge on any atom is -0.316 e. The van der Waals surface area contributed by atoms with Gasteiger partial charge in [0.2, 0.25) is 10.0 Å². The highest BCUT2D eigenvalue weighted by Gasteiger charge is 2.27. The molecule has 8 nitrogen and oxygen atoms in total.